The Morgan fingerprint density at radius 3 is 2.82 bits per heavy atom. The number of fused-ring (bicyclic) bond motifs is 4. The molecular formula is C19H24N4O5. The fourth-order valence-electron chi connectivity index (χ4n) is 4.56. The quantitative estimate of drug-likeness (QED) is 0.734. The zero-order chi connectivity index (χ0) is 20.0. The molecule has 3 atom stereocenters. The van der Waals surface area contributed by atoms with Gasteiger partial charge in [-0.1, -0.05) is 5.16 Å². The van der Waals surface area contributed by atoms with E-state index in [2.05, 4.69) is 5.16 Å². The Morgan fingerprint density at radius 2 is 2.14 bits per heavy atom. The van der Waals surface area contributed by atoms with Crippen LogP contribution in [0.1, 0.15) is 41.5 Å². The molecule has 1 fully saturated rings. The van der Waals surface area contributed by atoms with Crippen LogP contribution < -0.4 is 10.8 Å². The Morgan fingerprint density at radius 1 is 1.36 bits per heavy atom. The Bertz CT molecular complexity index is 944. The maximum Gasteiger partial charge on any atom is 0.315 e. The van der Waals surface area contributed by atoms with Crippen LogP contribution in [0.15, 0.2) is 21.5 Å². The summed E-state index contributed by atoms with van der Waals surface area (Å²) in [6.07, 6.45) is 1.91. The predicted octanol–water partition coefficient (Wildman–Crippen LogP) is 0.435. The molecule has 2 aliphatic rings. The summed E-state index contributed by atoms with van der Waals surface area (Å²) < 4.78 is 6.75. The Kier molecular flexibility index (Phi) is 4.82. The number of nitrogens with zero attached hydrogens (tertiary/aromatic N) is 3. The van der Waals surface area contributed by atoms with Crippen LogP contribution in [-0.4, -0.2) is 38.8 Å². The van der Waals surface area contributed by atoms with Crippen LogP contribution in [0.3, 0.4) is 0 Å². The molecule has 1 amide bonds. The first kappa shape index (κ1) is 18.9. The van der Waals surface area contributed by atoms with Crippen molar-refractivity contribution in [3.05, 3.63) is 50.4 Å². The molecule has 0 spiro atoms. The smallest absolute Gasteiger partial charge is 0.315 e. The van der Waals surface area contributed by atoms with Gasteiger partial charge in [0.15, 0.2) is 0 Å². The minimum atomic E-state index is -1.20. The molecule has 2 N–H and O–H groups in total. The number of quaternary nitrogens is 1. The van der Waals surface area contributed by atoms with Crippen LogP contribution in [0.2, 0.25) is 0 Å². The number of hydrogen-bond donors (Lipinski definition) is 2. The lowest BCUT2D eigenvalue weighted by atomic mass is 9.83. The second-order valence-corrected chi connectivity index (χ2v) is 7.79. The van der Waals surface area contributed by atoms with E-state index in [0.29, 0.717) is 32.5 Å². The van der Waals surface area contributed by atoms with E-state index in [4.69, 9.17) is 4.52 Å². The maximum atomic E-state index is 12.8. The third-order valence-electron chi connectivity index (χ3n) is 5.96. The van der Waals surface area contributed by atoms with Gasteiger partial charge in [0.2, 0.25) is 11.6 Å². The molecule has 3 unspecified atom stereocenters. The van der Waals surface area contributed by atoms with Crippen molar-refractivity contribution < 1.29 is 19.8 Å². The molecule has 4 rings (SSSR count). The first-order chi connectivity index (χ1) is 13.3. The highest BCUT2D eigenvalue weighted by Gasteiger charge is 2.37. The van der Waals surface area contributed by atoms with E-state index in [1.807, 2.05) is 18.7 Å². The van der Waals surface area contributed by atoms with E-state index in [9.17, 15) is 20.0 Å². The Labute approximate surface area is 161 Å². The van der Waals surface area contributed by atoms with E-state index in [1.54, 1.807) is 10.6 Å². The third kappa shape index (κ3) is 3.25. The summed E-state index contributed by atoms with van der Waals surface area (Å²) in [6, 6.07) is 3.11. The van der Waals surface area contributed by atoms with Crippen LogP contribution >= 0.6 is 0 Å². The van der Waals surface area contributed by atoms with Crippen LogP contribution in [0.5, 0.6) is 0 Å². The van der Waals surface area contributed by atoms with Gasteiger partial charge in [-0.2, -0.15) is 5.23 Å². The summed E-state index contributed by atoms with van der Waals surface area (Å²) in [4.78, 5) is 27.2. The lowest BCUT2D eigenvalue weighted by Crippen LogP contribution is -3.00. The second-order valence-electron chi connectivity index (χ2n) is 7.79. The summed E-state index contributed by atoms with van der Waals surface area (Å²) in [6.45, 7) is 5.34. The molecular weight excluding hydrogens is 364 g/mol. The molecule has 2 aromatic heterocycles. The van der Waals surface area contributed by atoms with Crippen molar-refractivity contribution in [2.45, 2.75) is 45.6 Å². The van der Waals surface area contributed by atoms with Crippen LogP contribution in [0, 0.1) is 25.0 Å². The highest BCUT2D eigenvalue weighted by molar-refractivity contribution is 5.76. The average molecular weight is 388 g/mol. The van der Waals surface area contributed by atoms with E-state index in [0.717, 1.165) is 29.1 Å². The van der Waals surface area contributed by atoms with Crippen LogP contribution in [0.25, 0.3) is 0 Å². The van der Waals surface area contributed by atoms with Crippen LogP contribution in [-0.2, 0) is 17.8 Å². The van der Waals surface area contributed by atoms with Gasteiger partial charge in [0.05, 0.1) is 5.69 Å². The number of hydrogen-bond acceptors (Lipinski definition) is 6. The summed E-state index contributed by atoms with van der Waals surface area (Å²) in [5.41, 5.74) is 2.00. The number of aromatic nitrogens is 2. The van der Waals surface area contributed by atoms with E-state index in [1.165, 1.54) is 6.07 Å². The molecule has 0 aliphatic carbocycles. The fourth-order valence-corrected chi connectivity index (χ4v) is 4.56. The number of amides is 1. The van der Waals surface area contributed by atoms with Crippen LogP contribution in [0.4, 0.5) is 5.69 Å². The van der Waals surface area contributed by atoms with Crippen molar-refractivity contribution in [3.8, 4) is 0 Å². The molecule has 9 heteroatoms. The average Bonchev–Trinajstić information content (AvgIpc) is 2.98. The molecule has 4 heterocycles. The number of carbonyl (C=O) groups excluding carboxylic acids is 1. The number of aryl methyl sites for hydroxylation is 2. The Hall–Kier alpha value is -2.49. The van der Waals surface area contributed by atoms with Gasteiger partial charge in [0.1, 0.15) is 5.76 Å². The number of pyridine rings is 1. The monoisotopic (exact) mass is 388 g/mol. The first-order valence-electron chi connectivity index (χ1n) is 9.51. The van der Waals surface area contributed by atoms with Gasteiger partial charge >= 0.3 is 5.56 Å². The minimum Gasteiger partial charge on any atom is -0.595 e. The topological polar surface area (TPSA) is 116 Å². The Balaban J connectivity index is 1.49. The van der Waals surface area contributed by atoms with Crippen molar-refractivity contribution >= 4 is 11.6 Å². The van der Waals surface area contributed by atoms with Gasteiger partial charge in [0.25, 0.3) is 0 Å². The normalized spacial score (nSPS) is 22.1. The summed E-state index contributed by atoms with van der Waals surface area (Å²) in [5.74, 6) is 1.07. The fraction of sp³-hybridized carbons (Fsp3) is 0.526. The largest absolute Gasteiger partial charge is 0.595 e. The van der Waals surface area contributed by atoms with Gasteiger partial charge in [-0.15, -0.1) is 0 Å². The molecule has 9 nitrogen and oxygen atoms in total. The highest BCUT2D eigenvalue weighted by Crippen LogP contribution is 2.35. The van der Waals surface area contributed by atoms with Gasteiger partial charge in [0, 0.05) is 49.3 Å². The van der Waals surface area contributed by atoms with Gasteiger partial charge in [-0.25, -0.2) is 5.21 Å². The number of piperidine rings is 1. The summed E-state index contributed by atoms with van der Waals surface area (Å²) in [5, 5.41) is 23.1. The maximum absolute atomic E-state index is 12.8. The van der Waals surface area contributed by atoms with Crippen molar-refractivity contribution in [1.82, 2.24) is 14.6 Å². The molecule has 1 saturated heterocycles. The first-order valence-corrected chi connectivity index (χ1v) is 9.51. The van der Waals surface area contributed by atoms with E-state index >= 15 is 0 Å². The lowest BCUT2D eigenvalue weighted by Gasteiger charge is -2.43. The number of likely N-dealkylation sites (tertiary alicyclic amines) is 1. The zero-order valence-corrected chi connectivity index (χ0v) is 16.0. The summed E-state index contributed by atoms with van der Waals surface area (Å²) >= 11 is 0. The standard InChI is InChI=1S/C19H24N4O5/c1-11-15(12(2)28-20-11)3-6-18(24)21-8-13-7-14(10-21)16-4-5-17(23(26)27)19(25)22(16)9-13/h4-5,13-14,23,26H,3,6-10H2,1-2H3. The van der Waals surface area contributed by atoms with E-state index < -0.39 is 10.8 Å². The zero-order valence-electron chi connectivity index (χ0n) is 16.0. The van der Waals surface area contributed by atoms with Gasteiger partial charge in [-0.05, 0) is 38.7 Å². The molecule has 0 radical (unpaired) electrons. The molecule has 150 valence electrons. The van der Waals surface area contributed by atoms with Crippen molar-refractivity contribution in [2.24, 2.45) is 5.92 Å². The second kappa shape index (κ2) is 7.16. The molecule has 28 heavy (non-hydrogen) atoms. The number of nitrogens with one attached hydrogen (secondary N) is 1. The van der Waals surface area contributed by atoms with Crippen molar-refractivity contribution in [3.63, 3.8) is 0 Å². The molecule has 2 bridgehead atoms. The highest BCUT2D eigenvalue weighted by atomic mass is 16.8. The van der Waals surface area contributed by atoms with Gasteiger partial charge < -0.3 is 19.2 Å². The van der Waals surface area contributed by atoms with Crippen molar-refractivity contribution in [2.75, 3.05) is 13.1 Å². The summed E-state index contributed by atoms with van der Waals surface area (Å²) in [7, 11) is 0. The predicted molar refractivity (Wildman–Crippen MR) is 98.2 cm³/mol. The molecule has 0 aromatic carbocycles. The molecule has 2 aliphatic heterocycles. The molecule has 0 saturated carbocycles. The van der Waals surface area contributed by atoms with Gasteiger partial charge in [-0.3, -0.25) is 9.59 Å². The van der Waals surface area contributed by atoms with E-state index in [-0.39, 0.29) is 23.4 Å². The van der Waals surface area contributed by atoms with Crippen molar-refractivity contribution in [1.29, 1.82) is 0 Å². The molecule has 2 aromatic rings. The minimum absolute atomic E-state index is 0.0612. The third-order valence-corrected chi connectivity index (χ3v) is 5.96. The lowest BCUT2D eigenvalue weighted by molar-refractivity contribution is -0.992. The number of rotatable bonds is 4. The number of carbonyl (C=O) groups is 1. The SMILES string of the molecule is Cc1noc(C)c1CCC(=O)N1CC2CC(C1)c1ccc([NH+]([O-])O)c(=O)n1C2.